The number of aromatic nitrogens is 2. The monoisotopic (exact) mass is 436 g/mol. The Balaban J connectivity index is 1.59. The van der Waals surface area contributed by atoms with Crippen molar-refractivity contribution in [2.45, 2.75) is 50.7 Å². The quantitative estimate of drug-likeness (QED) is 0.540. The van der Waals surface area contributed by atoms with Crippen LogP contribution in [0.5, 0.6) is 5.75 Å². The van der Waals surface area contributed by atoms with Gasteiger partial charge in [0.25, 0.3) is 0 Å². The molecular weight excluding hydrogens is 412 g/mol. The van der Waals surface area contributed by atoms with Gasteiger partial charge in [0, 0.05) is 17.3 Å². The third-order valence-corrected chi connectivity index (χ3v) is 6.32. The van der Waals surface area contributed by atoms with Crippen LogP contribution < -0.4 is 10.1 Å². The lowest BCUT2D eigenvalue weighted by Gasteiger charge is -2.22. The predicted octanol–water partition coefficient (Wildman–Crippen LogP) is 5.01. The summed E-state index contributed by atoms with van der Waals surface area (Å²) >= 11 is 6.23. The molecule has 160 valence electrons. The number of aliphatic hydroxyl groups is 1. The second-order valence-electron chi connectivity index (χ2n) is 8.12. The number of hydrogen-bond acceptors (Lipinski definition) is 6. The molecule has 0 spiro atoms. The van der Waals surface area contributed by atoms with Crippen LogP contribution in [0.15, 0.2) is 36.4 Å². The maximum atomic E-state index is 10.7. The normalized spacial score (nSPS) is 15.0. The highest BCUT2D eigenvalue weighted by Crippen LogP contribution is 2.34. The Morgan fingerprint density at radius 2 is 1.97 bits per heavy atom. The standard InChI is InChI=1S/C24H25ClN4O2/c1-31-22-7-5-17(13-20(22)25)15-27-23-19-12-16(14-26)4-6-18(19)21(28-29-23)8-11-24(30)9-2-3-10-24/h4-7,12-13,30H,2-3,8-11,15H2,1H3,(H,27,29). The number of rotatable bonds is 7. The second kappa shape index (κ2) is 9.09. The van der Waals surface area contributed by atoms with Gasteiger partial charge in [-0.1, -0.05) is 36.6 Å². The van der Waals surface area contributed by atoms with Crippen LogP contribution >= 0.6 is 11.6 Å². The molecule has 7 heteroatoms. The van der Waals surface area contributed by atoms with E-state index in [0.29, 0.717) is 41.5 Å². The molecule has 1 fully saturated rings. The first kappa shape index (κ1) is 21.4. The number of anilines is 1. The molecule has 0 amide bonds. The van der Waals surface area contributed by atoms with Crippen molar-refractivity contribution >= 4 is 28.2 Å². The van der Waals surface area contributed by atoms with E-state index in [-0.39, 0.29) is 0 Å². The lowest BCUT2D eigenvalue weighted by molar-refractivity contribution is 0.0389. The van der Waals surface area contributed by atoms with Crippen molar-refractivity contribution < 1.29 is 9.84 Å². The van der Waals surface area contributed by atoms with Gasteiger partial charge in [0.15, 0.2) is 5.82 Å². The number of hydrogen-bond donors (Lipinski definition) is 2. The third-order valence-electron chi connectivity index (χ3n) is 6.02. The van der Waals surface area contributed by atoms with Crippen LogP contribution in [0.1, 0.15) is 48.9 Å². The topological polar surface area (TPSA) is 91.1 Å². The molecule has 4 rings (SSSR count). The van der Waals surface area contributed by atoms with E-state index in [9.17, 15) is 10.4 Å². The highest BCUT2D eigenvalue weighted by atomic mass is 35.5. The number of nitrogens with zero attached hydrogens (tertiary/aromatic N) is 3. The minimum atomic E-state index is -0.592. The first-order valence-electron chi connectivity index (χ1n) is 10.5. The lowest BCUT2D eigenvalue weighted by atomic mass is 9.93. The fraction of sp³-hybridized carbons (Fsp3) is 0.375. The zero-order valence-electron chi connectivity index (χ0n) is 17.5. The average molecular weight is 437 g/mol. The summed E-state index contributed by atoms with van der Waals surface area (Å²) < 4.78 is 5.20. The van der Waals surface area contributed by atoms with Crippen molar-refractivity contribution in [3.8, 4) is 11.8 Å². The molecule has 0 aliphatic heterocycles. The summed E-state index contributed by atoms with van der Waals surface area (Å²) in [5, 5.41) is 34.6. The number of nitriles is 1. The van der Waals surface area contributed by atoms with Gasteiger partial charge in [-0.15, -0.1) is 5.10 Å². The summed E-state index contributed by atoms with van der Waals surface area (Å²) in [5.41, 5.74) is 1.80. The van der Waals surface area contributed by atoms with Gasteiger partial charge in [-0.25, -0.2) is 0 Å². The van der Waals surface area contributed by atoms with E-state index >= 15 is 0 Å². The van der Waals surface area contributed by atoms with Crippen LogP contribution in [-0.4, -0.2) is 28.0 Å². The Morgan fingerprint density at radius 3 is 2.68 bits per heavy atom. The molecule has 1 heterocycles. The first-order valence-corrected chi connectivity index (χ1v) is 10.9. The fourth-order valence-electron chi connectivity index (χ4n) is 4.23. The zero-order valence-corrected chi connectivity index (χ0v) is 18.2. The molecule has 3 aromatic rings. The summed E-state index contributed by atoms with van der Waals surface area (Å²) in [4.78, 5) is 0. The number of nitrogens with one attached hydrogen (secondary N) is 1. The Kier molecular flexibility index (Phi) is 6.26. The van der Waals surface area contributed by atoms with Crippen LogP contribution in [-0.2, 0) is 13.0 Å². The van der Waals surface area contributed by atoms with Crippen molar-refractivity contribution in [1.82, 2.24) is 10.2 Å². The van der Waals surface area contributed by atoms with E-state index < -0.39 is 5.60 Å². The zero-order chi connectivity index (χ0) is 21.8. The first-order chi connectivity index (χ1) is 15.0. The third kappa shape index (κ3) is 4.73. The summed E-state index contributed by atoms with van der Waals surface area (Å²) in [6, 6.07) is 13.4. The molecule has 0 radical (unpaired) electrons. The summed E-state index contributed by atoms with van der Waals surface area (Å²) in [6.07, 6.45) is 5.18. The molecule has 0 unspecified atom stereocenters. The van der Waals surface area contributed by atoms with Crippen molar-refractivity contribution in [3.63, 3.8) is 0 Å². The molecule has 0 saturated heterocycles. The van der Waals surface area contributed by atoms with E-state index in [2.05, 4.69) is 21.6 Å². The average Bonchev–Trinajstić information content (AvgIpc) is 3.22. The van der Waals surface area contributed by atoms with Crippen molar-refractivity contribution in [2.24, 2.45) is 0 Å². The van der Waals surface area contributed by atoms with Crippen molar-refractivity contribution in [2.75, 3.05) is 12.4 Å². The van der Waals surface area contributed by atoms with Gasteiger partial charge >= 0.3 is 0 Å². The van der Waals surface area contributed by atoms with Gasteiger partial charge in [0.05, 0.1) is 35.1 Å². The Labute approximate surface area is 186 Å². The van der Waals surface area contributed by atoms with Crippen molar-refractivity contribution in [3.05, 3.63) is 58.2 Å². The Bertz CT molecular complexity index is 1140. The SMILES string of the molecule is COc1ccc(CNc2nnc(CCC3(O)CCCC3)c3ccc(C#N)cc23)cc1Cl. The van der Waals surface area contributed by atoms with E-state index in [4.69, 9.17) is 16.3 Å². The second-order valence-corrected chi connectivity index (χ2v) is 8.53. The molecule has 0 bridgehead atoms. The Morgan fingerprint density at radius 1 is 1.16 bits per heavy atom. The van der Waals surface area contributed by atoms with Gasteiger partial charge in [0.2, 0.25) is 0 Å². The lowest BCUT2D eigenvalue weighted by Crippen LogP contribution is -2.24. The predicted molar refractivity (Wildman–Crippen MR) is 121 cm³/mol. The largest absolute Gasteiger partial charge is 0.495 e. The van der Waals surface area contributed by atoms with Crippen LogP contribution in [0.25, 0.3) is 10.8 Å². The summed E-state index contributed by atoms with van der Waals surface area (Å²) in [7, 11) is 1.58. The van der Waals surface area contributed by atoms with Gasteiger partial charge < -0.3 is 15.2 Å². The van der Waals surface area contributed by atoms with Crippen LogP contribution in [0.3, 0.4) is 0 Å². The molecule has 1 aromatic heterocycles. The minimum Gasteiger partial charge on any atom is -0.495 e. The van der Waals surface area contributed by atoms with Crippen LogP contribution in [0.2, 0.25) is 5.02 Å². The van der Waals surface area contributed by atoms with Gasteiger partial charge in [-0.2, -0.15) is 10.4 Å². The molecule has 31 heavy (non-hydrogen) atoms. The molecule has 0 atom stereocenters. The number of aryl methyl sites for hydroxylation is 1. The van der Waals surface area contributed by atoms with Gasteiger partial charge in [0.1, 0.15) is 5.75 Å². The van der Waals surface area contributed by atoms with E-state index in [1.54, 1.807) is 13.2 Å². The summed E-state index contributed by atoms with van der Waals surface area (Å²) in [6.45, 7) is 0.503. The highest BCUT2D eigenvalue weighted by Gasteiger charge is 2.31. The van der Waals surface area contributed by atoms with Crippen LogP contribution in [0.4, 0.5) is 5.82 Å². The highest BCUT2D eigenvalue weighted by molar-refractivity contribution is 6.32. The summed E-state index contributed by atoms with van der Waals surface area (Å²) in [5.74, 6) is 1.24. The van der Waals surface area contributed by atoms with Gasteiger partial charge in [-0.3, -0.25) is 0 Å². The number of ether oxygens (including phenoxy) is 1. The number of methoxy groups -OCH3 is 1. The number of benzene rings is 2. The van der Waals surface area contributed by atoms with E-state index in [1.807, 2.05) is 30.3 Å². The van der Waals surface area contributed by atoms with Crippen LogP contribution in [0, 0.1) is 11.3 Å². The fourth-order valence-corrected chi connectivity index (χ4v) is 4.51. The smallest absolute Gasteiger partial charge is 0.156 e. The molecule has 1 aliphatic carbocycles. The maximum Gasteiger partial charge on any atom is 0.156 e. The molecule has 1 saturated carbocycles. The van der Waals surface area contributed by atoms with E-state index in [1.165, 1.54) is 0 Å². The minimum absolute atomic E-state index is 0.503. The van der Waals surface area contributed by atoms with Crippen molar-refractivity contribution in [1.29, 1.82) is 5.26 Å². The molecular formula is C24H25ClN4O2. The number of fused-ring (bicyclic) bond motifs is 1. The van der Waals surface area contributed by atoms with Gasteiger partial charge in [-0.05, 0) is 55.5 Å². The maximum absolute atomic E-state index is 10.7. The molecule has 2 aromatic carbocycles. The Hall–Kier alpha value is -2.88. The molecule has 6 nitrogen and oxygen atoms in total. The van der Waals surface area contributed by atoms with E-state index in [0.717, 1.165) is 47.7 Å². The molecule has 1 aliphatic rings. The number of halogens is 1. The molecule has 2 N–H and O–H groups in total.